The molecule has 1 aromatic rings. The van der Waals surface area contributed by atoms with Crippen LogP contribution in [-0.4, -0.2) is 43.1 Å². The zero-order chi connectivity index (χ0) is 18.2. The summed E-state index contributed by atoms with van der Waals surface area (Å²) >= 11 is 11.8. The first-order valence-electron chi connectivity index (χ1n) is 7.17. The highest BCUT2D eigenvalue weighted by Gasteiger charge is 2.08. The van der Waals surface area contributed by atoms with E-state index in [0.717, 1.165) is 17.2 Å². The second kappa shape index (κ2) is 10.3. The van der Waals surface area contributed by atoms with Crippen LogP contribution in [0.4, 0.5) is 0 Å². The van der Waals surface area contributed by atoms with Crippen LogP contribution < -0.4 is 0 Å². The summed E-state index contributed by atoms with van der Waals surface area (Å²) in [5.41, 5.74) is 0.626. The third-order valence-electron chi connectivity index (χ3n) is 2.93. The van der Waals surface area contributed by atoms with Gasteiger partial charge in [0.15, 0.2) is 8.87 Å². The second-order valence-corrected chi connectivity index (χ2v) is 10.5. The number of amides is 1. The number of hydroxylamine groups is 2. The molecule has 1 rings (SSSR count). The van der Waals surface area contributed by atoms with Gasteiger partial charge in [-0.1, -0.05) is 35.7 Å². The molecule has 0 bridgehead atoms. The quantitative estimate of drug-likeness (QED) is 0.217. The molecule has 134 valence electrons. The van der Waals surface area contributed by atoms with E-state index < -0.39 is 14.8 Å². The standard InChI is InChI=1S/C15H19Cl2NO4S2/c1-24(21,22)23-10-4-2-3-9-18(20)15(19)8-6-12-5-7-13(16)11-14(12)17/h5-8,11,20H,2-4,9-10H2,1H3/b8-6+. The molecule has 0 aromatic heterocycles. The van der Waals surface area contributed by atoms with Crippen LogP contribution in [0.25, 0.3) is 6.08 Å². The van der Waals surface area contributed by atoms with Crippen LogP contribution in [0.2, 0.25) is 10.0 Å². The van der Waals surface area contributed by atoms with Gasteiger partial charge in [0.25, 0.3) is 5.91 Å². The average Bonchev–Trinajstić information content (AvgIpc) is 2.48. The summed E-state index contributed by atoms with van der Waals surface area (Å²) in [5.74, 6) is -0.0424. The van der Waals surface area contributed by atoms with Crippen molar-refractivity contribution >= 4 is 54.8 Å². The Hall–Kier alpha value is -0.730. The molecule has 0 radical (unpaired) electrons. The lowest BCUT2D eigenvalue weighted by molar-refractivity contribution is -0.159. The van der Waals surface area contributed by atoms with Gasteiger partial charge in [-0.15, -0.1) is 0 Å². The Morgan fingerprint density at radius 1 is 1.29 bits per heavy atom. The molecule has 0 aliphatic carbocycles. The molecule has 1 N–H and O–H groups in total. The Bertz CT molecular complexity index is 693. The molecule has 0 saturated carbocycles. The zero-order valence-electron chi connectivity index (χ0n) is 13.1. The molecule has 0 saturated heterocycles. The Morgan fingerprint density at radius 3 is 2.62 bits per heavy atom. The van der Waals surface area contributed by atoms with Crippen LogP contribution in [0, 0.1) is 0 Å². The molecule has 5 nitrogen and oxygen atoms in total. The lowest BCUT2D eigenvalue weighted by atomic mass is 10.2. The van der Waals surface area contributed by atoms with E-state index in [9.17, 15) is 18.4 Å². The van der Waals surface area contributed by atoms with Gasteiger partial charge in [-0.2, -0.15) is 0 Å². The Kier molecular flexibility index (Phi) is 9.15. The van der Waals surface area contributed by atoms with E-state index in [1.165, 1.54) is 18.4 Å². The van der Waals surface area contributed by atoms with Crippen molar-refractivity contribution in [2.75, 3.05) is 18.6 Å². The molecular weight excluding hydrogens is 393 g/mol. The zero-order valence-corrected chi connectivity index (χ0v) is 16.3. The summed E-state index contributed by atoms with van der Waals surface area (Å²) in [5, 5.41) is 11.2. The first kappa shape index (κ1) is 21.3. The van der Waals surface area contributed by atoms with Crippen molar-refractivity contribution in [1.29, 1.82) is 0 Å². The molecule has 0 fully saturated rings. The van der Waals surface area contributed by atoms with E-state index in [-0.39, 0.29) is 6.54 Å². The molecule has 0 atom stereocenters. The number of benzene rings is 1. The first-order valence-corrected chi connectivity index (χ1v) is 11.3. The minimum atomic E-state index is -3.01. The number of unbranched alkanes of at least 4 members (excludes halogenated alkanes) is 2. The lowest BCUT2D eigenvalue weighted by Crippen LogP contribution is -2.26. The molecule has 0 aliphatic heterocycles. The van der Waals surface area contributed by atoms with Crippen molar-refractivity contribution in [1.82, 2.24) is 5.06 Å². The number of carbonyl (C=O) groups is 1. The summed E-state index contributed by atoms with van der Waals surface area (Å²) in [6, 6.07) is 4.90. The number of halogens is 2. The SMILES string of the molecule is CS(=O)(=O)SCCCCCN(O)C(=O)/C=C/c1ccc(Cl)cc1Cl. The van der Waals surface area contributed by atoms with E-state index in [2.05, 4.69) is 0 Å². The van der Waals surface area contributed by atoms with E-state index >= 15 is 0 Å². The van der Waals surface area contributed by atoms with Crippen LogP contribution in [-0.2, 0) is 13.7 Å². The lowest BCUT2D eigenvalue weighted by Gasteiger charge is -2.12. The van der Waals surface area contributed by atoms with Gasteiger partial charge >= 0.3 is 0 Å². The number of nitrogens with zero attached hydrogens (tertiary/aromatic N) is 1. The van der Waals surface area contributed by atoms with Gasteiger partial charge in [0.05, 0.1) is 0 Å². The van der Waals surface area contributed by atoms with Crippen molar-refractivity contribution in [2.45, 2.75) is 19.3 Å². The van der Waals surface area contributed by atoms with Crippen molar-refractivity contribution in [3.63, 3.8) is 0 Å². The molecule has 0 unspecified atom stereocenters. The van der Waals surface area contributed by atoms with E-state index in [0.29, 0.717) is 39.3 Å². The maximum absolute atomic E-state index is 11.8. The minimum absolute atomic E-state index is 0.182. The maximum Gasteiger partial charge on any atom is 0.269 e. The number of hydrogen-bond acceptors (Lipinski definition) is 5. The van der Waals surface area contributed by atoms with Crippen molar-refractivity contribution in [3.8, 4) is 0 Å². The summed E-state index contributed by atoms with van der Waals surface area (Å²) in [7, 11) is -2.10. The number of rotatable bonds is 9. The van der Waals surface area contributed by atoms with Crippen LogP contribution >= 0.6 is 34.0 Å². The number of hydrogen-bond donors (Lipinski definition) is 1. The average molecular weight is 412 g/mol. The van der Waals surface area contributed by atoms with Gasteiger partial charge in [-0.25, -0.2) is 13.5 Å². The monoisotopic (exact) mass is 411 g/mol. The normalized spacial score (nSPS) is 11.8. The third-order valence-corrected chi connectivity index (χ3v) is 6.16. The van der Waals surface area contributed by atoms with Crippen LogP contribution in [0.15, 0.2) is 24.3 Å². The molecule has 0 spiro atoms. The summed E-state index contributed by atoms with van der Waals surface area (Å²) in [6.45, 7) is 0.182. The predicted octanol–water partition coefficient (Wildman–Crippen LogP) is 4.09. The van der Waals surface area contributed by atoms with E-state index in [1.54, 1.807) is 18.2 Å². The minimum Gasteiger partial charge on any atom is -0.286 e. The van der Waals surface area contributed by atoms with Crippen LogP contribution in [0.5, 0.6) is 0 Å². The summed E-state index contributed by atoms with van der Waals surface area (Å²) in [6.07, 6.45) is 5.92. The Balaban J connectivity index is 2.33. The molecule has 24 heavy (non-hydrogen) atoms. The van der Waals surface area contributed by atoms with Gasteiger partial charge < -0.3 is 0 Å². The highest BCUT2D eigenvalue weighted by atomic mass is 35.5. The first-order chi connectivity index (χ1) is 11.2. The topological polar surface area (TPSA) is 74.7 Å². The van der Waals surface area contributed by atoms with Crippen molar-refractivity contribution in [2.24, 2.45) is 0 Å². The van der Waals surface area contributed by atoms with E-state index in [4.69, 9.17) is 23.2 Å². The van der Waals surface area contributed by atoms with Crippen LogP contribution in [0.3, 0.4) is 0 Å². The summed E-state index contributed by atoms with van der Waals surface area (Å²) < 4.78 is 21.9. The largest absolute Gasteiger partial charge is 0.286 e. The van der Waals surface area contributed by atoms with E-state index in [1.807, 2.05) is 0 Å². The molecule has 0 heterocycles. The fourth-order valence-corrected chi connectivity index (χ4v) is 4.10. The van der Waals surface area contributed by atoms with Gasteiger partial charge in [-0.05, 0) is 47.4 Å². The maximum atomic E-state index is 11.8. The smallest absolute Gasteiger partial charge is 0.269 e. The molecule has 1 aromatic carbocycles. The molecular formula is C15H19Cl2NO4S2. The van der Waals surface area contributed by atoms with Crippen molar-refractivity contribution in [3.05, 3.63) is 39.9 Å². The highest BCUT2D eigenvalue weighted by Crippen LogP contribution is 2.22. The third kappa shape index (κ3) is 8.94. The van der Waals surface area contributed by atoms with Crippen molar-refractivity contribution < 1.29 is 18.4 Å². The Labute approximate surface area is 155 Å². The second-order valence-electron chi connectivity index (χ2n) is 5.05. The molecule has 1 amide bonds. The predicted molar refractivity (Wildman–Crippen MR) is 100 cm³/mol. The van der Waals surface area contributed by atoms with Gasteiger partial charge in [0, 0.05) is 34.7 Å². The molecule has 9 heteroatoms. The van der Waals surface area contributed by atoms with Gasteiger partial charge in [0.2, 0.25) is 0 Å². The van der Waals surface area contributed by atoms with Crippen LogP contribution in [0.1, 0.15) is 24.8 Å². The Morgan fingerprint density at radius 2 is 2.00 bits per heavy atom. The number of carbonyl (C=O) groups excluding carboxylic acids is 1. The fraction of sp³-hybridized carbons (Fsp3) is 0.400. The van der Waals surface area contributed by atoms with Gasteiger partial charge in [-0.3, -0.25) is 10.0 Å². The van der Waals surface area contributed by atoms with Gasteiger partial charge in [0.1, 0.15) is 0 Å². The summed E-state index contributed by atoms with van der Waals surface area (Å²) in [4.78, 5) is 11.8. The fourth-order valence-electron chi connectivity index (χ4n) is 1.74. The highest BCUT2D eigenvalue weighted by molar-refractivity contribution is 8.71. The molecule has 0 aliphatic rings.